The average molecular weight is 440 g/mol. The number of aryl methyl sites for hydroxylation is 2. The molecule has 0 aliphatic rings. The van der Waals surface area contributed by atoms with E-state index in [1.54, 1.807) is 0 Å². The molecule has 2 rings (SSSR count). The van der Waals surface area contributed by atoms with Gasteiger partial charge in [0.15, 0.2) is 0 Å². The van der Waals surface area contributed by atoms with Crippen LogP contribution in [0.4, 0.5) is 0 Å². The second kappa shape index (κ2) is 13.8. The Hall–Kier alpha value is -1.34. The predicted octanol–water partition coefficient (Wildman–Crippen LogP) is 2.86. The van der Waals surface area contributed by atoms with Crippen molar-refractivity contribution in [2.24, 2.45) is 22.0 Å². The van der Waals surface area contributed by atoms with Gasteiger partial charge >= 0.3 is 0 Å². The van der Waals surface area contributed by atoms with E-state index >= 15 is 0 Å². The first kappa shape index (κ1) is 25.7. The Kier molecular flexibility index (Phi) is 12.2. The number of unbranched alkanes of at least 4 members (excludes halogenated alkanes) is 1. The third-order valence-electron chi connectivity index (χ3n) is 3.94. The Balaban J connectivity index is 0.000000291. The molecular weight excluding hydrogens is 406 g/mol. The van der Waals surface area contributed by atoms with E-state index in [2.05, 4.69) is 34.4 Å². The lowest BCUT2D eigenvalue weighted by Crippen LogP contribution is -2.23. The van der Waals surface area contributed by atoms with E-state index in [0.29, 0.717) is 13.1 Å². The molecule has 0 amide bonds. The third kappa shape index (κ3) is 16.2. The van der Waals surface area contributed by atoms with Crippen molar-refractivity contribution in [3.05, 3.63) is 71.8 Å². The zero-order chi connectivity index (χ0) is 21.6. The van der Waals surface area contributed by atoms with Crippen LogP contribution in [0.3, 0.4) is 0 Å². The Morgan fingerprint density at radius 2 is 0.966 bits per heavy atom. The number of rotatable bonds is 11. The SMILES string of the molecule is NP(N)(=O)NCCCCc1ccccc1.NP(N)(=O)NCCCc1ccccc1. The van der Waals surface area contributed by atoms with E-state index in [9.17, 15) is 9.13 Å². The van der Waals surface area contributed by atoms with E-state index in [0.717, 1.165) is 32.1 Å². The number of hydrogen-bond acceptors (Lipinski definition) is 2. The Morgan fingerprint density at radius 3 is 1.38 bits per heavy atom. The molecule has 0 saturated carbocycles. The summed E-state index contributed by atoms with van der Waals surface area (Å²) in [5.74, 6) is 0. The molecule has 0 heterocycles. The molecule has 2 aromatic carbocycles. The van der Waals surface area contributed by atoms with Gasteiger partial charge < -0.3 is 0 Å². The molecule has 0 aliphatic carbocycles. The molecule has 8 nitrogen and oxygen atoms in total. The fourth-order valence-corrected chi connectivity index (χ4v) is 3.56. The smallest absolute Gasteiger partial charge is 0.271 e. The summed E-state index contributed by atoms with van der Waals surface area (Å²) in [6.07, 6.45) is 4.81. The molecule has 0 saturated heterocycles. The maximum atomic E-state index is 10.9. The molecule has 0 atom stereocenters. The van der Waals surface area contributed by atoms with Gasteiger partial charge in [0, 0.05) is 13.1 Å². The quantitative estimate of drug-likeness (QED) is 0.229. The molecule has 10 N–H and O–H groups in total. The molecule has 2 aromatic rings. The highest BCUT2D eigenvalue weighted by molar-refractivity contribution is 7.57. The van der Waals surface area contributed by atoms with Crippen LogP contribution in [-0.4, -0.2) is 13.1 Å². The molecule has 0 spiro atoms. The fraction of sp³-hybridized carbons (Fsp3) is 0.368. The summed E-state index contributed by atoms with van der Waals surface area (Å²) in [4.78, 5) is 0. The molecule has 0 radical (unpaired) electrons. The Bertz CT molecular complexity index is 765. The highest BCUT2D eigenvalue weighted by atomic mass is 31.2. The van der Waals surface area contributed by atoms with Crippen LogP contribution in [0, 0.1) is 0 Å². The van der Waals surface area contributed by atoms with E-state index in [1.807, 2.05) is 36.4 Å². The zero-order valence-corrected chi connectivity index (χ0v) is 18.5. The number of hydrogen-bond donors (Lipinski definition) is 6. The van der Waals surface area contributed by atoms with Crippen molar-refractivity contribution in [1.82, 2.24) is 10.2 Å². The number of benzene rings is 2. The number of nitrogens with two attached hydrogens (primary N) is 4. The van der Waals surface area contributed by atoms with E-state index in [1.165, 1.54) is 11.1 Å². The summed E-state index contributed by atoms with van der Waals surface area (Å²) in [7, 11) is -6.06. The van der Waals surface area contributed by atoms with Crippen molar-refractivity contribution in [2.45, 2.75) is 32.1 Å². The zero-order valence-electron chi connectivity index (χ0n) is 16.7. The maximum absolute atomic E-state index is 10.9. The normalized spacial score (nSPS) is 11.6. The van der Waals surface area contributed by atoms with Crippen LogP contribution in [0.25, 0.3) is 0 Å². The molecule has 10 heteroatoms. The molecule has 162 valence electrons. The molecule has 0 aliphatic heterocycles. The van der Waals surface area contributed by atoms with Crippen molar-refractivity contribution in [3.8, 4) is 0 Å². The van der Waals surface area contributed by atoms with Crippen LogP contribution in [0.2, 0.25) is 0 Å². The van der Waals surface area contributed by atoms with Crippen molar-refractivity contribution in [3.63, 3.8) is 0 Å². The summed E-state index contributed by atoms with van der Waals surface area (Å²) >= 11 is 0. The monoisotopic (exact) mass is 440 g/mol. The lowest BCUT2D eigenvalue weighted by Gasteiger charge is -2.08. The lowest BCUT2D eigenvalue weighted by atomic mass is 10.1. The van der Waals surface area contributed by atoms with Gasteiger partial charge in [-0.1, -0.05) is 60.7 Å². The van der Waals surface area contributed by atoms with Crippen molar-refractivity contribution >= 4 is 15.2 Å². The van der Waals surface area contributed by atoms with Crippen LogP contribution in [0.1, 0.15) is 30.4 Å². The molecule has 0 aromatic heterocycles. The van der Waals surface area contributed by atoms with Gasteiger partial charge in [-0.15, -0.1) is 0 Å². The van der Waals surface area contributed by atoms with Gasteiger partial charge in [-0.3, -0.25) is 31.1 Å². The molecular formula is C19H34N6O2P2. The minimum Gasteiger partial charge on any atom is -0.271 e. The standard InChI is InChI=1S/C10H18N3OP.C9H16N3OP/c11-15(12,14)13-9-5-4-8-10-6-2-1-3-7-10;10-14(11,13)12-8-4-7-9-5-2-1-3-6-9/h1-3,6-7H,4-5,8-9H2,(H5,11,12,13,14);1-3,5-6H,4,7-8H2,(H5,10,11,12,13). The topological polar surface area (TPSA) is 162 Å². The fourth-order valence-electron chi connectivity index (χ4n) is 2.54. The van der Waals surface area contributed by atoms with Gasteiger partial charge in [0.2, 0.25) is 0 Å². The highest BCUT2D eigenvalue weighted by Gasteiger charge is 2.05. The van der Waals surface area contributed by atoms with Gasteiger partial charge in [0.05, 0.1) is 0 Å². The minimum atomic E-state index is -3.04. The molecule has 0 fully saturated rings. The summed E-state index contributed by atoms with van der Waals surface area (Å²) in [5, 5.41) is 5.22. The van der Waals surface area contributed by atoms with Crippen LogP contribution in [0.15, 0.2) is 60.7 Å². The predicted molar refractivity (Wildman–Crippen MR) is 122 cm³/mol. The van der Waals surface area contributed by atoms with Crippen LogP contribution < -0.4 is 32.2 Å². The third-order valence-corrected chi connectivity index (χ3v) is 5.37. The van der Waals surface area contributed by atoms with E-state index in [-0.39, 0.29) is 0 Å². The maximum Gasteiger partial charge on any atom is 0.273 e. The van der Waals surface area contributed by atoms with Gasteiger partial charge in [-0.25, -0.2) is 10.2 Å². The Labute approximate surface area is 173 Å². The summed E-state index contributed by atoms with van der Waals surface area (Å²) < 4.78 is 21.8. The highest BCUT2D eigenvalue weighted by Crippen LogP contribution is 2.17. The summed E-state index contributed by atoms with van der Waals surface area (Å²) in [6, 6.07) is 20.4. The van der Waals surface area contributed by atoms with Crippen molar-refractivity contribution in [2.75, 3.05) is 13.1 Å². The van der Waals surface area contributed by atoms with Gasteiger partial charge in [0.25, 0.3) is 15.2 Å². The molecule has 0 unspecified atom stereocenters. The van der Waals surface area contributed by atoms with E-state index < -0.39 is 15.2 Å². The Morgan fingerprint density at radius 1 is 0.586 bits per heavy atom. The van der Waals surface area contributed by atoms with Gasteiger partial charge in [-0.05, 0) is 43.2 Å². The first-order valence-electron chi connectivity index (χ1n) is 9.58. The van der Waals surface area contributed by atoms with Crippen molar-refractivity contribution in [1.29, 1.82) is 0 Å². The number of nitrogens with one attached hydrogen (secondary N) is 2. The van der Waals surface area contributed by atoms with Gasteiger partial charge in [0.1, 0.15) is 0 Å². The second-order valence-electron chi connectivity index (χ2n) is 6.77. The first-order valence-corrected chi connectivity index (χ1v) is 13.3. The van der Waals surface area contributed by atoms with Crippen LogP contribution in [0.5, 0.6) is 0 Å². The van der Waals surface area contributed by atoms with E-state index in [4.69, 9.17) is 22.0 Å². The molecule has 29 heavy (non-hydrogen) atoms. The van der Waals surface area contributed by atoms with Crippen molar-refractivity contribution < 1.29 is 9.13 Å². The average Bonchev–Trinajstić information content (AvgIpc) is 2.66. The van der Waals surface area contributed by atoms with Crippen LogP contribution in [-0.2, 0) is 22.0 Å². The first-order chi connectivity index (χ1) is 13.7. The molecule has 0 bridgehead atoms. The lowest BCUT2D eigenvalue weighted by molar-refractivity contribution is 0.562. The summed E-state index contributed by atoms with van der Waals surface area (Å²) in [5.41, 5.74) is 23.2. The van der Waals surface area contributed by atoms with Gasteiger partial charge in [-0.2, -0.15) is 0 Å². The van der Waals surface area contributed by atoms with Crippen LogP contribution >= 0.6 is 15.2 Å². The summed E-state index contributed by atoms with van der Waals surface area (Å²) in [6.45, 7) is 1.19. The minimum absolute atomic E-state index is 0.583. The largest absolute Gasteiger partial charge is 0.273 e. The second-order valence-corrected chi connectivity index (χ2v) is 10.2.